The standard InChI is InChI=1S/C23H27ClN6O2/c1-3-19-22(28(2)14-16-4-7-18(24)8-5-16)30-15-17(6-9-20(30)27-19)21(31)25-10-12-29-13-11-26-23(29)32/h4-9,15H,3,10-14H2,1-2H3,(H,25,31)(H,26,32). The predicted octanol–water partition coefficient (Wildman–Crippen LogP) is 2.94. The molecule has 9 heteroatoms. The summed E-state index contributed by atoms with van der Waals surface area (Å²) in [6.07, 6.45) is 2.61. The largest absolute Gasteiger partial charge is 0.355 e. The van der Waals surface area contributed by atoms with Gasteiger partial charge in [0, 0.05) is 51.0 Å². The topological polar surface area (TPSA) is 82.0 Å². The number of urea groups is 1. The Morgan fingerprint density at radius 2 is 2.03 bits per heavy atom. The van der Waals surface area contributed by atoms with Crippen LogP contribution in [0.2, 0.25) is 5.02 Å². The molecule has 1 fully saturated rings. The molecule has 1 aliphatic heterocycles. The number of carbonyl (C=O) groups excluding carboxylic acids is 2. The summed E-state index contributed by atoms with van der Waals surface area (Å²) >= 11 is 6.01. The Hall–Kier alpha value is -3.26. The van der Waals surface area contributed by atoms with Gasteiger partial charge in [-0.3, -0.25) is 9.20 Å². The van der Waals surface area contributed by atoms with E-state index in [1.165, 1.54) is 0 Å². The summed E-state index contributed by atoms with van der Waals surface area (Å²) in [5, 5.41) is 6.37. The van der Waals surface area contributed by atoms with E-state index in [1.807, 2.05) is 48.0 Å². The van der Waals surface area contributed by atoms with Gasteiger partial charge in [0.2, 0.25) is 0 Å². The molecule has 8 nitrogen and oxygen atoms in total. The quantitative estimate of drug-likeness (QED) is 0.548. The van der Waals surface area contributed by atoms with Crippen LogP contribution in [0.3, 0.4) is 0 Å². The lowest BCUT2D eigenvalue weighted by molar-refractivity contribution is 0.0950. The van der Waals surface area contributed by atoms with Crippen molar-refractivity contribution in [3.63, 3.8) is 0 Å². The number of carbonyl (C=O) groups is 2. The molecule has 168 valence electrons. The summed E-state index contributed by atoms with van der Waals surface area (Å²) in [5.41, 5.74) is 3.45. The number of benzene rings is 1. The van der Waals surface area contributed by atoms with Gasteiger partial charge in [-0.25, -0.2) is 9.78 Å². The second-order valence-corrected chi connectivity index (χ2v) is 8.28. The SMILES string of the molecule is CCc1nc2ccc(C(=O)NCCN3CCNC3=O)cn2c1N(C)Cc1ccc(Cl)cc1. The highest BCUT2D eigenvalue weighted by atomic mass is 35.5. The number of pyridine rings is 1. The first-order valence-corrected chi connectivity index (χ1v) is 11.1. The Morgan fingerprint density at radius 1 is 1.25 bits per heavy atom. The Balaban J connectivity index is 1.52. The maximum absolute atomic E-state index is 12.7. The molecule has 2 aromatic heterocycles. The number of aromatic nitrogens is 2. The van der Waals surface area contributed by atoms with Crippen LogP contribution in [0.15, 0.2) is 42.6 Å². The molecule has 0 saturated carbocycles. The molecule has 3 amide bonds. The van der Waals surface area contributed by atoms with Crippen molar-refractivity contribution in [1.82, 2.24) is 24.9 Å². The minimum Gasteiger partial charge on any atom is -0.355 e. The van der Waals surface area contributed by atoms with Gasteiger partial charge >= 0.3 is 6.03 Å². The van der Waals surface area contributed by atoms with Crippen molar-refractivity contribution in [3.05, 3.63) is 64.4 Å². The maximum atomic E-state index is 12.7. The summed E-state index contributed by atoms with van der Waals surface area (Å²) < 4.78 is 1.97. The first-order valence-electron chi connectivity index (χ1n) is 10.7. The molecule has 0 bridgehead atoms. The number of aryl methyl sites for hydroxylation is 1. The number of halogens is 1. The van der Waals surface area contributed by atoms with E-state index in [0.29, 0.717) is 43.3 Å². The third-order valence-electron chi connectivity index (χ3n) is 5.57. The van der Waals surface area contributed by atoms with Crippen molar-refractivity contribution in [1.29, 1.82) is 0 Å². The normalized spacial score (nSPS) is 13.5. The lowest BCUT2D eigenvalue weighted by atomic mass is 10.2. The van der Waals surface area contributed by atoms with Crippen LogP contribution in [0.5, 0.6) is 0 Å². The average Bonchev–Trinajstić information content (AvgIpc) is 3.37. The second-order valence-electron chi connectivity index (χ2n) is 7.84. The summed E-state index contributed by atoms with van der Waals surface area (Å²) in [6, 6.07) is 11.3. The molecule has 0 spiro atoms. The van der Waals surface area contributed by atoms with Crippen LogP contribution >= 0.6 is 11.6 Å². The Kier molecular flexibility index (Phi) is 6.50. The summed E-state index contributed by atoms with van der Waals surface area (Å²) in [7, 11) is 2.02. The van der Waals surface area contributed by atoms with Crippen LogP contribution in [-0.4, -0.2) is 59.4 Å². The van der Waals surface area contributed by atoms with Crippen LogP contribution in [0.4, 0.5) is 10.6 Å². The molecule has 0 radical (unpaired) electrons. The zero-order valence-electron chi connectivity index (χ0n) is 18.3. The van der Waals surface area contributed by atoms with Gasteiger partial charge in [-0.2, -0.15) is 0 Å². The van der Waals surface area contributed by atoms with Crippen LogP contribution in [0, 0.1) is 0 Å². The van der Waals surface area contributed by atoms with Crippen molar-refractivity contribution in [2.75, 3.05) is 38.1 Å². The molecule has 4 rings (SSSR count). The van der Waals surface area contributed by atoms with Gasteiger partial charge in [-0.05, 0) is 36.2 Å². The monoisotopic (exact) mass is 454 g/mol. The Morgan fingerprint density at radius 3 is 2.72 bits per heavy atom. The zero-order chi connectivity index (χ0) is 22.7. The van der Waals surface area contributed by atoms with E-state index in [1.54, 1.807) is 11.0 Å². The minimum absolute atomic E-state index is 0.0838. The third-order valence-corrected chi connectivity index (χ3v) is 5.82. The van der Waals surface area contributed by atoms with E-state index >= 15 is 0 Å². The molecule has 2 N–H and O–H groups in total. The highest BCUT2D eigenvalue weighted by Gasteiger charge is 2.20. The number of rotatable bonds is 8. The van der Waals surface area contributed by atoms with E-state index in [-0.39, 0.29) is 11.9 Å². The first-order chi connectivity index (χ1) is 15.5. The minimum atomic E-state index is -0.176. The molecule has 0 atom stereocenters. The van der Waals surface area contributed by atoms with Crippen LogP contribution < -0.4 is 15.5 Å². The summed E-state index contributed by atoms with van der Waals surface area (Å²) in [6.45, 7) is 4.96. The van der Waals surface area contributed by atoms with E-state index in [9.17, 15) is 9.59 Å². The average molecular weight is 455 g/mol. The Bertz CT molecular complexity index is 1130. The van der Waals surface area contributed by atoms with Gasteiger partial charge in [0.15, 0.2) is 0 Å². The van der Waals surface area contributed by atoms with Crippen molar-refractivity contribution in [3.8, 4) is 0 Å². The van der Waals surface area contributed by atoms with Crippen LogP contribution in [0.25, 0.3) is 5.65 Å². The molecule has 32 heavy (non-hydrogen) atoms. The van der Waals surface area contributed by atoms with Gasteiger partial charge in [0.1, 0.15) is 11.5 Å². The summed E-state index contributed by atoms with van der Waals surface area (Å²) in [5.74, 6) is 0.783. The molecule has 1 saturated heterocycles. The first kappa shape index (κ1) is 22.0. The van der Waals surface area contributed by atoms with Crippen LogP contribution in [0.1, 0.15) is 28.5 Å². The molecule has 3 heterocycles. The number of hydrogen-bond donors (Lipinski definition) is 2. The lowest BCUT2D eigenvalue weighted by Crippen LogP contribution is -2.36. The number of anilines is 1. The zero-order valence-corrected chi connectivity index (χ0v) is 19.0. The molecule has 1 aliphatic rings. The van der Waals surface area contributed by atoms with Gasteiger partial charge in [-0.15, -0.1) is 0 Å². The molecular formula is C23H27ClN6O2. The van der Waals surface area contributed by atoms with Crippen molar-refractivity contribution in [2.45, 2.75) is 19.9 Å². The van der Waals surface area contributed by atoms with E-state index in [2.05, 4.69) is 22.5 Å². The maximum Gasteiger partial charge on any atom is 0.317 e. The number of imidazole rings is 1. The number of hydrogen-bond acceptors (Lipinski definition) is 4. The van der Waals surface area contributed by atoms with Gasteiger partial charge in [-0.1, -0.05) is 30.7 Å². The number of amides is 3. The van der Waals surface area contributed by atoms with E-state index in [4.69, 9.17) is 16.6 Å². The molecule has 3 aromatic rings. The van der Waals surface area contributed by atoms with Gasteiger partial charge < -0.3 is 20.4 Å². The van der Waals surface area contributed by atoms with E-state index in [0.717, 1.165) is 29.1 Å². The molecule has 1 aromatic carbocycles. The highest BCUT2D eigenvalue weighted by Crippen LogP contribution is 2.25. The van der Waals surface area contributed by atoms with Gasteiger partial charge in [0.05, 0.1) is 11.3 Å². The number of fused-ring (bicyclic) bond motifs is 1. The van der Waals surface area contributed by atoms with E-state index < -0.39 is 0 Å². The van der Waals surface area contributed by atoms with Crippen molar-refractivity contribution < 1.29 is 9.59 Å². The highest BCUT2D eigenvalue weighted by molar-refractivity contribution is 6.30. The summed E-state index contributed by atoms with van der Waals surface area (Å²) in [4.78, 5) is 32.9. The Labute approximate surface area is 192 Å². The fraction of sp³-hybridized carbons (Fsp3) is 0.348. The van der Waals surface area contributed by atoms with Crippen molar-refractivity contribution >= 4 is 35.0 Å². The number of nitrogens with zero attached hydrogens (tertiary/aromatic N) is 4. The molecule has 0 aliphatic carbocycles. The second kappa shape index (κ2) is 9.48. The molecule has 0 unspecified atom stereocenters. The lowest BCUT2D eigenvalue weighted by Gasteiger charge is -2.20. The van der Waals surface area contributed by atoms with Gasteiger partial charge in [0.25, 0.3) is 5.91 Å². The molecular weight excluding hydrogens is 428 g/mol. The van der Waals surface area contributed by atoms with Crippen LogP contribution in [-0.2, 0) is 13.0 Å². The van der Waals surface area contributed by atoms with Crippen molar-refractivity contribution in [2.24, 2.45) is 0 Å². The fourth-order valence-electron chi connectivity index (χ4n) is 3.93. The predicted molar refractivity (Wildman–Crippen MR) is 125 cm³/mol. The fourth-order valence-corrected chi connectivity index (χ4v) is 4.05. The smallest absolute Gasteiger partial charge is 0.317 e. The third kappa shape index (κ3) is 4.65. The number of nitrogens with one attached hydrogen (secondary N) is 2.